The fraction of sp³-hybridized carbons (Fsp3) is 0.286. The molecule has 0 saturated heterocycles. The SMILES string of the molecule is C=CCn1c(=O)n(CC=C)c(=O)n(CC(=O)c2ccc(NC(=O)C(C)C)cc2)c1=O. The average Bonchev–Trinajstić information content (AvgIpc) is 2.72. The number of aromatic nitrogens is 3. The van der Waals surface area contributed by atoms with Crippen LogP contribution in [0.1, 0.15) is 24.2 Å². The molecule has 1 aromatic carbocycles. The van der Waals surface area contributed by atoms with Gasteiger partial charge < -0.3 is 5.32 Å². The summed E-state index contributed by atoms with van der Waals surface area (Å²) in [5.41, 5.74) is -1.80. The zero-order chi connectivity index (χ0) is 22.4. The van der Waals surface area contributed by atoms with Crippen molar-refractivity contribution in [2.24, 2.45) is 5.92 Å². The van der Waals surface area contributed by atoms with Crippen LogP contribution in [-0.4, -0.2) is 25.4 Å². The van der Waals surface area contributed by atoms with Gasteiger partial charge in [0.1, 0.15) is 0 Å². The second-order valence-electron chi connectivity index (χ2n) is 6.88. The van der Waals surface area contributed by atoms with Gasteiger partial charge in [-0.25, -0.2) is 28.1 Å². The molecule has 9 nitrogen and oxygen atoms in total. The van der Waals surface area contributed by atoms with Crippen LogP contribution in [-0.2, 0) is 24.4 Å². The minimum absolute atomic E-state index is 0.104. The molecule has 2 aromatic rings. The number of amides is 1. The lowest BCUT2D eigenvalue weighted by molar-refractivity contribution is -0.118. The van der Waals surface area contributed by atoms with Gasteiger partial charge in [-0.1, -0.05) is 26.0 Å². The highest BCUT2D eigenvalue weighted by Crippen LogP contribution is 2.11. The largest absolute Gasteiger partial charge is 0.337 e. The van der Waals surface area contributed by atoms with Gasteiger partial charge in [0.05, 0.1) is 19.6 Å². The van der Waals surface area contributed by atoms with Gasteiger partial charge in [0.2, 0.25) is 5.91 Å². The van der Waals surface area contributed by atoms with Gasteiger partial charge in [-0.05, 0) is 24.3 Å². The van der Waals surface area contributed by atoms with E-state index in [9.17, 15) is 24.0 Å². The molecule has 0 spiro atoms. The quantitative estimate of drug-likeness (QED) is 0.488. The zero-order valence-corrected chi connectivity index (χ0v) is 17.0. The first-order valence-electron chi connectivity index (χ1n) is 9.31. The fourth-order valence-corrected chi connectivity index (χ4v) is 2.65. The van der Waals surface area contributed by atoms with E-state index in [2.05, 4.69) is 18.5 Å². The predicted octanol–water partition coefficient (Wildman–Crippen LogP) is 1.02. The second-order valence-corrected chi connectivity index (χ2v) is 6.88. The summed E-state index contributed by atoms with van der Waals surface area (Å²) in [5.74, 6) is -0.847. The van der Waals surface area contributed by atoms with E-state index in [4.69, 9.17) is 0 Å². The van der Waals surface area contributed by atoms with Crippen LogP contribution in [0, 0.1) is 5.92 Å². The minimum atomic E-state index is -0.889. The summed E-state index contributed by atoms with van der Waals surface area (Å²) in [6.07, 6.45) is 2.70. The van der Waals surface area contributed by atoms with Crippen molar-refractivity contribution in [2.75, 3.05) is 5.32 Å². The van der Waals surface area contributed by atoms with Crippen molar-refractivity contribution >= 4 is 17.4 Å². The molecule has 0 unspecified atom stereocenters. The highest BCUT2D eigenvalue weighted by atomic mass is 16.2. The van der Waals surface area contributed by atoms with Crippen molar-refractivity contribution in [3.05, 3.63) is 86.6 Å². The predicted molar refractivity (Wildman–Crippen MR) is 114 cm³/mol. The second kappa shape index (κ2) is 9.64. The Hall–Kier alpha value is -3.75. The summed E-state index contributed by atoms with van der Waals surface area (Å²) in [4.78, 5) is 62.0. The monoisotopic (exact) mass is 412 g/mol. The van der Waals surface area contributed by atoms with Crippen molar-refractivity contribution in [3.63, 3.8) is 0 Å². The Morgan fingerprint density at radius 2 is 1.37 bits per heavy atom. The van der Waals surface area contributed by atoms with E-state index in [1.54, 1.807) is 26.0 Å². The first kappa shape index (κ1) is 22.5. The van der Waals surface area contributed by atoms with E-state index in [1.165, 1.54) is 24.3 Å². The Labute approximate surface area is 172 Å². The van der Waals surface area contributed by atoms with Gasteiger partial charge in [-0.3, -0.25) is 9.59 Å². The number of nitrogens with zero attached hydrogens (tertiary/aromatic N) is 3. The molecule has 0 saturated carbocycles. The molecule has 0 radical (unpaired) electrons. The lowest BCUT2D eigenvalue weighted by Crippen LogP contribution is -2.55. The number of anilines is 1. The maximum Gasteiger partial charge on any atom is 0.337 e. The van der Waals surface area contributed by atoms with Gasteiger partial charge in [0.25, 0.3) is 0 Å². The summed E-state index contributed by atoms with van der Waals surface area (Å²) in [6, 6.07) is 6.10. The molecule has 1 N–H and O–H groups in total. The molecule has 158 valence electrons. The van der Waals surface area contributed by atoms with Gasteiger partial charge in [0, 0.05) is 17.2 Å². The smallest absolute Gasteiger partial charge is 0.326 e. The number of benzene rings is 1. The Morgan fingerprint density at radius 3 is 1.80 bits per heavy atom. The highest BCUT2D eigenvalue weighted by Gasteiger charge is 2.17. The van der Waals surface area contributed by atoms with Gasteiger partial charge in [0.15, 0.2) is 5.78 Å². The van der Waals surface area contributed by atoms with E-state index in [-0.39, 0.29) is 30.5 Å². The number of Topliss-reactive ketones (excluding diaryl/α,β-unsaturated/α-hetero) is 1. The van der Waals surface area contributed by atoms with Crippen LogP contribution in [0.5, 0.6) is 0 Å². The number of ketones is 1. The molecular formula is C21H24N4O5. The van der Waals surface area contributed by atoms with Crippen molar-refractivity contribution in [1.82, 2.24) is 13.7 Å². The third kappa shape index (κ3) is 4.80. The molecule has 0 aliphatic carbocycles. The van der Waals surface area contributed by atoms with Crippen molar-refractivity contribution < 1.29 is 9.59 Å². The molecule has 1 amide bonds. The number of hydrogen-bond acceptors (Lipinski definition) is 5. The number of hydrogen-bond donors (Lipinski definition) is 1. The van der Waals surface area contributed by atoms with Crippen LogP contribution >= 0.6 is 0 Å². The van der Waals surface area contributed by atoms with Crippen molar-refractivity contribution in [2.45, 2.75) is 33.5 Å². The topological polar surface area (TPSA) is 112 Å². The fourth-order valence-electron chi connectivity index (χ4n) is 2.65. The molecule has 0 aliphatic rings. The first-order chi connectivity index (χ1) is 14.2. The molecule has 0 atom stereocenters. The summed E-state index contributed by atoms with van der Waals surface area (Å²) in [7, 11) is 0. The van der Waals surface area contributed by atoms with E-state index in [1.807, 2.05) is 0 Å². The van der Waals surface area contributed by atoms with Crippen LogP contribution in [0.4, 0.5) is 5.69 Å². The maximum atomic E-state index is 12.7. The summed E-state index contributed by atoms with van der Waals surface area (Å²) < 4.78 is 2.37. The molecule has 30 heavy (non-hydrogen) atoms. The Bertz CT molecular complexity index is 1100. The molecule has 0 aliphatic heterocycles. The van der Waals surface area contributed by atoms with Crippen LogP contribution in [0.15, 0.2) is 64.0 Å². The average molecular weight is 412 g/mol. The van der Waals surface area contributed by atoms with Crippen LogP contribution in [0.3, 0.4) is 0 Å². The molecule has 1 heterocycles. The summed E-state index contributed by atoms with van der Waals surface area (Å²) in [5, 5.41) is 2.71. The molecule has 9 heteroatoms. The van der Waals surface area contributed by atoms with Gasteiger partial charge in [-0.2, -0.15) is 0 Å². The van der Waals surface area contributed by atoms with E-state index < -0.39 is 29.4 Å². The minimum Gasteiger partial charge on any atom is -0.326 e. The van der Waals surface area contributed by atoms with Crippen molar-refractivity contribution in [1.29, 1.82) is 0 Å². The van der Waals surface area contributed by atoms with E-state index in [0.29, 0.717) is 10.3 Å². The van der Waals surface area contributed by atoms with Gasteiger partial charge in [-0.15, -0.1) is 13.2 Å². The summed E-state index contributed by atoms with van der Waals surface area (Å²) in [6.45, 7) is 9.78. The Balaban J connectivity index is 2.38. The standard InChI is InChI=1S/C21H24N4O5/c1-5-11-23-19(28)24(12-6-2)21(30)25(20(23)29)13-17(26)15-7-9-16(10-8-15)22-18(27)14(3)4/h5-10,14H,1-2,11-13H2,3-4H3,(H,22,27). The van der Waals surface area contributed by atoms with Crippen molar-refractivity contribution in [3.8, 4) is 0 Å². The van der Waals surface area contributed by atoms with Crippen LogP contribution < -0.4 is 22.4 Å². The highest BCUT2D eigenvalue weighted by molar-refractivity contribution is 5.97. The van der Waals surface area contributed by atoms with Crippen LogP contribution in [0.2, 0.25) is 0 Å². The zero-order valence-electron chi connectivity index (χ0n) is 17.0. The molecule has 1 aromatic heterocycles. The normalized spacial score (nSPS) is 10.6. The molecule has 2 rings (SSSR count). The number of carbonyl (C=O) groups excluding carboxylic acids is 2. The molecule has 0 fully saturated rings. The number of allylic oxidation sites excluding steroid dienone is 2. The van der Waals surface area contributed by atoms with E-state index in [0.717, 1.165) is 9.13 Å². The first-order valence-corrected chi connectivity index (χ1v) is 9.31. The lowest BCUT2D eigenvalue weighted by atomic mass is 10.1. The van der Waals surface area contributed by atoms with Gasteiger partial charge >= 0.3 is 17.1 Å². The number of nitrogens with one attached hydrogen (secondary N) is 1. The van der Waals surface area contributed by atoms with E-state index >= 15 is 0 Å². The molecular weight excluding hydrogens is 388 g/mol. The Kier molecular flexibility index (Phi) is 7.24. The summed E-state index contributed by atoms with van der Waals surface area (Å²) >= 11 is 0. The lowest BCUT2D eigenvalue weighted by Gasteiger charge is -2.12. The van der Waals surface area contributed by atoms with Crippen LogP contribution in [0.25, 0.3) is 0 Å². The Morgan fingerprint density at radius 1 is 0.900 bits per heavy atom. The third-order valence-corrected chi connectivity index (χ3v) is 4.31. The number of rotatable bonds is 9. The third-order valence-electron chi connectivity index (χ3n) is 4.31. The molecule has 0 bridgehead atoms. The number of carbonyl (C=O) groups is 2. The maximum absolute atomic E-state index is 12.7.